The third kappa shape index (κ3) is 10.9. The van der Waals surface area contributed by atoms with E-state index in [-0.39, 0.29) is 23.3 Å². The van der Waals surface area contributed by atoms with Crippen molar-refractivity contribution in [3.63, 3.8) is 0 Å². The molecule has 2 aromatic rings. The third-order valence-corrected chi connectivity index (χ3v) is 11.9. The number of benzene rings is 2. The molecule has 0 aliphatic carbocycles. The first-order valence-corrected chi connectivity index (χ1v) is 20.6. The summed E-state index contributed by atoms with van der Waals surface area (Å²) in [7, 11) is 5.48. The van der Waals surface area contributed by atoms with E-state index in [2.05, 4.69) is 76.1 Å². The minimum atomic E-state index is -1.14. The fourth-order valence-electron chi connectivity index (χ4n) is 8.02. The number of carbonyl (C=O) groups excluding carboxylic acids is 2. The van der Waals surface area contributed by atoms with Crippen molar-refractivity contribution in [2.45, 2.75) is 109 Å². The second-order valence-corrected chi connectivity index (χ2v) is 17.3. The lowest BCUT2D eigenvalue weighted by Crippen LogP contribution is -2.58. The zero-order valence-electron chi connectivity index (χ0n) is 31.7. The molecule has 3 aliphatic rings. The van der Waals surface area contributed by atoms with Crippen LogP contribution in [0.3, 0.4) is 0 Å². The van der Waals surface area contributed by atoms with Gasteiger partial charge in [0, 0.05) is 74.9 Å². The molecule has 0 N–H and O–H groups in total. The number of likely N-dealkylation sites (tertiary alicyclic amines) is 2. The fourth-order valence-corrected chi connectivity index (χ4v) is 8.40. The Morgan fingerprint density at radius 1 is 0.942 bits per heavy atom. The summed E-state index contributed by atoms with van der Waals surface area (Å²) in [5.41, 5.74) is 5.27. The molecule has 8 nitrogen and oxygen atoms in total. The van der Waals surface area contributed by atoms with Gasteiger partial charge in [0.1, 0.15) is 11.9 Å². The highest BCUT2D eigenvalue weighted by molar-refractivity contribution is 7.37. The molecule has 6 unspecified atom stereocenters. The van der Waals surface area contributed by atoms with E-state index in [1.807, 2.05) is 24.0 Å². The largest absolute Gasteiger partial charge is 0.362 e. The number of oxime groups is 1. The molecule has 2 aromatic carbocycles. The van der Waals surface area contributed by atoms with Crippen LogP contribution >= 0.6 is 18.5 Å². The van der Waals surface area contributed by atoms with Gasteiger partial charge in [0.25, 0.3) is 5.91 Å². The van der Waals surface area contributed by atoms with Crippen LogP contribution in [-0.2, 0) is 16.1 Å². The first-order chi connectivity index (χ1) is 24.9. The van der Waals surface area contributed by atoms with Crippen LogP contribution in [0.2, 0.25) is 0 Å². The van der Waals surface area contributed by atoms with Gasteiger partial charge in [-0.3, -0.25) is 19.4 Å². The van der Waals surface area contributed by atoms with Crippen molar-refractivity contribution in [3.05, 3.63) is 82.6 Å². The van der Waals surface area contributed by atoms with E-state index in [0.29, 0.717) is 48.4 Å². The molecule has 2 amide bonds. The monoisotopic (exact) mass is 751 g/mol. The predicted molar refractivity (Wildman–Crippen MR) is 216 cm³/mol. The van der Waals surface area contributed by atoms with Gasteiger partial charge in [-0.15, -0.1) is 18.5 Å². The zero-order valence-corrected chi connectivity index (χ0v) is 34.0. The van der Waals surface area contributed by atoms with E-state index < -0.39 is 6.17 Å². The molecular weight excluding hydrogens is 691 g/mol. The number of hydrogen-bond acceptors (Lipinski definition) is 6. The van der Waals surface area contributed by atoms with Gasteiger partial charge < -0.3 is 14.6 Å². The Morgan fingerprint density at radius 2 is 1.60 bits per heavy atom. The lowest BCUT2D eigenvalue weighted by Gasteiger charge is -2.47. The number of alkyl halides is 1. The van der Waals surface area contributed by atoms with Crippen molar-refractivity contribution >= 4 is 36.0 Å². The minimum absolute atomic E-state index is 0.000864. The number of amides is 2. The second kappa shape index (κ2) is 19.1. The molecule has 0 aromatic heterocycles. The summed E-state index contributed by atoms with van der Waals surface area (Å²) < 4.78 is 14.6. The lowest BCUT2D eigenvalue weighted by molar-refractivity contribution is -0.129. The number of halogens is 1. The van der Waals surface area contributed by atoms with Crippen LogP contribution in [0.5, 0.6) is 0 Å². The number of carbonyl (C=O) groups is 2. The standard InChI is InChI=1S/C41H60FN5O3P2/c1-6-35(43-50-28(2)3)26-39(48)46-15-7-8-36(13-16-46)44-18-20-45(21-19-44)37-14-17-47(38(27-37)22-31-11-9-29(4)10-12-31)40(49)33-23-32(30(5)42)24-34(25-33)41(51)52/h9-12,23-25,30,36-38,41H,2,6-8,13-22,26-27,51-52H2,1,3-5H3/b43-35+. The van der Waals surface area contributed by atoms with Crippen LogP contribution in [0, 0.1) is 6.92 Å². The molecule has 52 heavy (non-hydrogen) atoms. The summed E-state index contributed by atoms with van der Waals surface area (Å²) in [6.45, 7) is 17.4. The van der Waals surface area contributed by atoms with Crippen LogP contribution in [0.1, 0.15) is 110 Å². The van der Waals surface area contributed by atoms with Gasteiger partial charge in [-0.1, -0.05) is 54.6 Å². The summed E-state index contributed by atoms with van der Waals surface area (Å²) in [5, 5.41) is 4.17. The number of aryl methyl sites for hydroxylation is 1. The Hall–Kier alpha value is -2.70. The maximum Gasteiger partial charge on any atom is 0.254 e. The molecule has 3 aliphatic heterocycles. The molecule has 0 bridgehead atoms. The molecule has 0 saturated carbocycles. The molecule has 5 rings (SSSR count). The van der Waals surface area contributed by atoms with Crippen molar-refractivity contribution in [1.29, 1.82) is 0 Å². The summed E-state index contributed by atoms with van der Waals surface area (Å²) in [4.78, 5) is 42.0. The van der Waals surface area contributed by atoms with Crippen molar-refractivity contribution in [1.82, 2.24) is 19.6 Å². The van der Waals surface area contributed by atoms with Crippen molar-refractivity contribution in [2.24, 2.45) is 5.16 Å². The summed E-state index contributed by atoms with van der Waals surface area (Å²) in [6, 6.07) is 15.2. The first-order valence-electron chi connectivity index (χ1n) is 19.2. The van der Waals surface area contributed by atoms with Crippen molar-refractivity contribution in [2.75, 3.05) is 45.8 Å². The van der Waals surface area contributed by atoms with E-state index in [9.17, 15) is 14.0 Å². The van der Waals surface area contributed by atoms with Crippen molar-refractivity contribution in [3.8, 4) is 0 Å². The Bertz CT molecular complexity index is 1530. The minimum Gasteiger partial charge on any atom is -0.362 e. The van der Waals surface area contributed by atoms with Crippen molar-refractivity contribution < 1.29 is 18.8 Å². The number of hydrogen-bond donors (Lipinski definition) is 0. The quantitative estimate of drug-likeness (QED) is 0.0964. The van der Waals surface area contributed by atoms with Gasteiger partial charge >= 0.3 is 0 Å². The predicted octanol–water partition coefficient (Wildman–Crippen LogP) is 7.70. The van der Waals surface area contributed by atoms with Gasteiger partial charge in [-0.05, 0) is 94.5 Å². The van der Waals surface area contributed by atoms with E-state index in [1.54, 1.807) is 13.0 Å². The highest BCUT2D eigenvalue weighted by atomic mass is 31.1. The van der Waals surface area contributed by atoms with Gasteiger partial charge in [-0.2, -0.15) is 0 Å². The second-order valence-electron chi connectivity index (χ2n) is 15.1. The lowest BCUT2D eigenvalue weighted by atomic mass is 9.89. The average Bonchev–Trinajstić information content (AvgIpc) is 3.40. The molecule has 3 saturated heterocycles. The third-order valence-electron chi connectivity index (χ3n) is 11.1. The zero-order chi connectivity index (χ0) is 37.4. The van der Waals surface area contributed by atoms with E-state index in [0.717, 1.165) is 89.1 Å². The number of nitrogens with zero attached hydrogens (tertiary/aromatic N) is 5. The molecule has 0 spiro atoms. The molecule has 3 fully saturated rings. The maximum atomic E-state index is 14.6. The molecular formula is C41H60FN5O3P2. The highest BCUT2D eigenvalue weighted by Gasteiger charge is 2.37. The number of piperazine rings is 1. The van der Waals surface area contributed by atoms with Gasteiger partial charge in [0.05, 0.1) is 12.1 Å². The number of piperidine rings is 1. The van der Waals surface area contributed by atoms with E-state index in [4.69, 9.17) is 4.84 Å². The van der Waals surface area contributed by atoms with E-state index in [1.165, 1.54) is 18.1 Å². The van der Waals surface area contributed by atoms with Crippen LogP contribution < -0.4 is 0 Å². The highest BCUT2D eigenvalue weighted by Crippen LogP contribution is 2.34. The Kier molecular flexibility index (Phi) is 14.8. The Balaban J connectivity index is 1.21. The van der Waals surface area contributed by atoms with Crippen LogP contribution in [0.15, 0.2) is 60.0 Å². The van der Waals surface area contributed by atoms with Gasteiger partial charge in [0.15, 0.2) is 0 Å². The Labute approximate surface area is 316 Å². The normalized spacial score (nSPS) is 23.0. The fraction of sp³-hybridized carbons (Fsp3) is 0.585. The Morgan fingerprint density at radius 3 is 2.23 bits per heavy atom. The molecule has 0 radical (unpaired) electrons. The maximum absolute atomic E-state index is 14.6. The van der Waals surface area contributed by atoms with Gasteiger partial charge in [0.2, 0.25) is 5.91 Å². The summed E-state index contributed by atoms with van der Waals surface area (Å²) in [6.07, 6.45) is 5.58. The average molecular weight is 752 g/mol. The summed E-state index contributed by atoms with van der Waals surface area (Å²) in [5.74, 6) is 0.646. The first kappa shape index (κ1) is 40.5. The number of rotatable bonds is 12. The smallest absolute Gasteiger partial charge is 0.254 e. The number of allylic oxidation sites excluding steroid dienone is 1. The molecule has 3 heterocycles. The summed E-state index contributed by atoms with van der Waals surface area (Å²) >= 11 is 0. The SMILES string of the molecule is C=C(C)O/N=C(\CC)CC(=O)N1CCCC(N2CCN(C3CCN(C(=O)c4cc(C(C)F)cc(C(P)P)c4)C(Cc4ccc(C)cc4)C3)CC2)CC1. The molecule has 284 valence electrons. The molecule has 6 atom stereocenters. The molecule has 11 heteroatoms. The van der Waals surface area contributed by atoms with Crippen LogP contribution in [0.25, 0.3) is 0 Å². The van der Waals surface area contributed by atoms with Gasteiger partial charge in [-0.25, -0.2) is 4.39 Å². The van der Waals surface area contributed by atoms with Crippen LogP contribution in [0.4, 0.5) is 4.39 Å². The van der Waals surface area contributed by atoms with E-state index >= 15 is 0 Å². The van der Waals surface area contributed by atoms with Crippen LogP contribution in [-0.4, -0.2) is 101 Å². The topological polar surface area (TPSA) is 68.7 Å².